The maximum atomic E-state index is 2.40. The second-order valence-corrected chi connectivity index (χ2v) is 23.3. The van der Waals surface area contributed by atoms with E-state index < -0.39 is 0 Å². The lowest BCUT2D eigenvalue weighted by atomic mass is 9.98. The molecule has 0 atom stereocenters. The second-order valence-electron chi connectivity index (χ2n) is 23.3. The molecular weight excluding hydrogens is 1040 g/mol. The molecule has 12 rings (SSSR count). The van der Waals surface area contributed by atoms with Crippen LogP contribution in [0, 0.1) is 55.4 Å². The number of anilines is 12. The quantitative estimate of drug-likeness (QED) is 0.0901. The van der Waals surface area contributed by atoms with E-state index in [0.29, 0.717) is 0 Å². The van der Waals surface area contributed by atoms with Crippen LogP contribution in [-0.2, 0) is 12.8 Å². The number of benzene rings is 12. The Morgan fingerprint density at radius 3 is 0.593 bits per heavy atom. The Hall–Kier alpha value is -10.2. The highest BCUT2D eigenvalue weighted by atomic mass is 15.2. The summed E-state index contributed by atoms with van der Waals surface area (Å²) in [7, 11) is 0. The summed E-state index contributed by atoms with van der Waals surface area (Å²) in [6.45, 7) is 17.3. The van der Waals surface area contributed by atoms with Crippen LogP contribution in [0.5, 0.6) is 0 Å². The molecule has 0 N–H and O–H groups in total. The molecule has 0 radical (unpaired) electrons. The van der Waals surface area contributed by atoms with Crippen LogP contribution < -0.4 is 19.6 Å². The molecule has 0 unspecified atom stereocenters. The first-order valence-electron chi connectivity index (χ1n) is 30.1. The van der Waals surface area contributed by atoms with Gasteiger partial charge < -0.3 is 19.6 Å². The van der Waals surface area contributed by atoms with E-state index in [9.17, 15) is 0 Å². The zero-order valence-corrected chi connectivity index (χ0v) is 50.8. The van der Waals surface area contributed by atoms with Gasteiger partial charge in [0.2, 0.25) is 0 Å². The maximum Gasteiger partial charge on any atom is 0.0491 e. The molecule has 0 saturated carbocycles. The number of hydrogen-bond acceptors (Lipinski definition) is 4. The molecule has 0 amide bonds. The first-order valence-corrected chi connectivity index (χ1v) is 30.1. The molecule has 0 saturated heterocycles. The fraction of sp³-hybridized carbons (Fsp3) is 0.122. The summed E-state index contributed by atoms with van der Waals surface area (Å²) < 4.78 is 0. The van der Waals surface area contributed by atoms with Crippen molar-refractivity contribution < 1.29 is 0 Å². The van der Waals surface area contributed by atoms with Gasteiger partial charge in [0.1, 0.15) is 0 Å². The van der Waals surface area contributed by atoms with E-state index in [1.165, 1.54) is 83.6 Å². The predicted molar refractivity (Wildman–Crippen MR) is 368 cm³/mol. The van der Waals surface area contributed by atoms with E-state index in [4.69, 9.17) is 0 Å². The van der Waals surface area contributed by atoms with E-state index in [2.05, 4.69) is 354 Å². The Balaban J connectivity index is 0.749. The van der Waals surface area contributed by atoms with E-state index in [1.807, 2.05) is 0 Å². The van der Waals surface area contributed by atoms with Crippen molar-refractivity contribution in [1.29, 1.82) is 0 Å². The number of rotatable bonds is 17. The van der Waals surface area contributed by atoms with Crippen LogP contribution in [0.25, 0.3) is 22.3 Å². The first kappa shape index (κ1) is 56.3. The summed E-state index contributed by atoms with van der Waals surface area (Å²) in [5.41, 5.74) is 30.9. The molecule has 422 valence electrons. The molecule has 12 aromatic rings. The second kappa shape index (κ2) is 25.0. The fourth-order valence-electron chi connectivity index (χ4n) is 11.6. The van der Waals surface area contributed by atoms with Crippen molar-refractivity contribution in [2.45, 2.75) is 68.2 Å². The molecule has 0 aliphatic heterocycles. The molecular formula is C82H74N4. The van der Waals surface area contributed by atoms with Gasteiger partial charge in [0.15, 0.2) is 0 Å². The molecule has 86 heavy (non-hydrogen) atoms. The van der Waals surface area contributed by atoms with Crippen molar-refractivity contribution in [1.82, 2.24) is 0 Å². The summed E-state index contributed by atoms with van der Waals surface area (Å²) in [6, 6.07) is 103. The highest BCUT2D eigenvalue weighted by Gasteiger charge is 2.20. The molecule has 4 nitrogen and oxygen atoms in total. The van der Waals surface area contributed by atoms with E-state index >= 15 is 0 Å². The Bertz CT molecular complexity index is 4130. The van der Waals surface area contributed by atoms with Crippen molar-refractivity contribution in [2.75, 3.05) is 19.6 Å². The Morgan fingerprint density at radius 2 is 0.372 bits per heavy atom. The Morgan fingerprint density at radius 1 is 0.186 bits per heavy atom. The van der Waals surface area contributed by atoms with Gasteiger partial charge in [0.05, 0.1) is 0 Å². The predicted octanol–water partition coefficient (Wildman–Crippen LogP) is 23.2. The summed E-state index contributed by atoms with van der Waals surface area (Å²) in [4.78, 5) is 9.44. The molecule has 0 spiro atoms. The van der Waals surface area contributed by atoms with Crippen LogP contribution in [0.4, 0.5) is 68.2 Å². The lowest BCUT2D eigenvalue weighted by molar-refractivity contribution is 0.959. The molecule has 12 aromatic carbocycles. The fourth-order valence-corrected chi connectivity index (χ4v) is 11.6. The molecule has 0 aliphatic carbocycles. The number of nitrogens with zero attached hydrogens (tertiary/aromatic N) is 4. The molecule has 4 heteroatoms. The van der Waals surface area contributed by atoms with Crippen LogP contribution >= 0.6 is 0 Å². The average Bonchev–Trinajstić information content (AvgIpc) is 2.04. The lowest BCUT2D eigenvalue weighted by Gasteiger charge is -2.28. The molecule has 0 fully saturated rings. The zero-order valence-electron chi connectivity index (χ0n) is 50.8. The third-order valence-corrected chi connectivity index (χ3v) is 16.6. The SMILES string of the molecule is Cc1ccc(N(c2ccc(C)cc2)c2ccc(-c3ccc(N(c4ccc(C)cc4)c4ccc(CCc5ccc(N(c6ccc(C)cc6)c6ccc(-c7ccc(N(c8ccc(C)cc8)c8ccc(C)cc8)c(C)c7)cc6C)cc5)cc4)cc3)cc2)cc1. The van der Waals surface area contributed by atoms with Crippen LogP contribution in [0.1, 0.15) is 55.6 Å². The third-order valence-electron chi connectivity index (χ3n) is 16.6. The van der Waals surface area contributed by atoms with Crippen LogP contribution in [0.15, 0.2) is 279 Å². The third kappa shape index (κ3) is 12.5. The van der Waals surface area contributed by atoms with Crippen molar-refractivity contribution in [3.63, 3.8) is 0 Å². The normalized spacial score (nSPS) is 11.1. The van der Waals surface area contributed by atoms with Crippen molar-refractivity contribution >= 4 is 68.2 Å². The minimum Gasteiger partial charge on any atom is -0.311 e. The van der Waals surface area contributed by atoms with Gasteiger partial charge in [0.25, 0.3) is 0 Å². The van der Waals surface area contributed by atoms with E-state index in [0.717, 1.165) is 75.4 Å². The van der Waals surface area contributed by atoms with E-state index in [1.54, 1.807) is 0 Å². The maximum absolute atomic E-state index is 2.40. The van der Waals surface area contributed by atoms with E-state index in [-0.39, 0.29) is 0 Å². The Kier molecular flexibility index (Phi) is 16.4. The first-order chi connectivity index (χ1) is 41.9. The van der Waals surface area contributed by atoms with Crippen molar-refractivity contribution in [2.24, 2.45) is 0 Å². The summed E-state index contributed by atoms with van der Waals surface area (Å²) in [5.74, 6) is 0. The number of aryl methyl sites for hydroxylation is 10. The smallest absolute Gasteiger partial charge is 0.0491 e. The topological polar surface area (TPSA) is 13.0 Å². The van der Waals surface area contributed by atoms with Gasteiger partial charge in [-0.2, -0.15) is 0 Å². The average molecular weight is 1120 g/mol. The molecule has 0 heterocycles. The van der Waals surface area contributed by atoms with Gasteiger partial charge >= 0.3 is 0 Å². The highest BCUT2D eigenvalue weighted by molar-refractivity contribution is 5.85. The number of hydrogen-bond donors (Lipinski definition) is 0. The largest absolute Gasteiger partial charge is 0.311 e. The summed E-state index contributed by atoms with van der Waals surface area (Å²) in [6.07, 6.45) is 1.87. The summed E-state index contributed by atoms with van der Waals surface area (Å²) in [5, 5.41) is 0. The lowest BCUT2D eigenvalue weighted by Crippen LogP contribution is -2.12. The highest BCUT2D eigenvalue weighted by Crippen LogP contribution is 2.43. The summed E-state index contributed by atoms with van der Waals surface area (Å²) >= 11 is 0. The van der Waals surface area contributed by atoms with Crippen LogP contribution in [0.3, 0.4) is 0 Å². The van der Waals surface area contributed by atoms with Gasteiger partial charge in [-0.15, -0.1) is 0 Å². The molecule has 0 aromatic heterocycles. The van der Waals surface area contributed by atoms with Gasteiger partial charge in [-0.05, 0) is 258 Å². The molecule has 0 bridgehead atoms. The minimum atomic E-state index is 0.934. The van der Waals surface area contributed by atoms with Crippen molar-refractivity contribution in [3.8, 4) is 22.3 Å². The standard InChI is InChI=1S/C82H74N4/c1-57-9-33-71(34-10-57)83(72-35-11-58(2)12-36-72)75-49-27-67(28-50-75)68-29-51-76(52-30-68)84(73-37-13-59(3)14-38-73)74-45-23-65(24-46-74)21-22-66-25-47-80(48-26-66)86(79-43-19-62(6)20-44-79)82-54-32-70(56-64(82)8)69-31-53-81(63(7)55-69)85(77-39-15-60(4)16-40-77)78-41-17-61(5)18-42-78/h9-20,23-56H,21-22H2,1-8H3. The van der Waals surface area contributed by atoms with Gasteiger partial charge in [-0.1, -0.05) is 167 Å². The minimum absolute atomic E-state index is 0.934. The van der Waals surface area contributed by atoms with Crippen LogP contribution in [-0.4, -0.2) is 0 Å². The van der Waals surface area contributed by atoms with Crippen LogP contribution in [0.2, 0.25) is 0 Å². The zero-order chi connectivity index (χ0) is 59.3. The van der Waals surface area contributed by atoms with Gasteiger partial charge in [-0.3, -0.25) is 0 Å². The molecule has 0 aliphatic rings. The van der Waals surface area contributed by atoms with Gasteiger partial charge in [-0.25, -0.2) is 0 Å². The van der Waals surface area contributed by atoms with Gasteiger partial charge in [0, 0.05) is 68.2 Å². The Labute approximate surface area is 510 Å². The monoisotopic (exact) mass is 1110 g/mol. The van der Waals surface area contributed by atoms with Crippen molar-refractivity contribution in [3.05, 3.63) is 335 Å².